The summed E-state index contributed by atoms with van der Waals surface area (Å²) in [6, 6.07) is 3.57. The molecule has 0 spiro atoms. The number of rotatable bonds is 7. The van der Waals surface area contributed by atoms with Gasteiger partial charge >= 0.3 is 0 Å². The molecule has 2 aromatic rings. The summed E-state index contributed by atoms with van der Waals surface area (Å²) in [5.74, 6) is -2.25. The van der Waals surface area contributed by atoms with E-state index in [4.69, 9.17) is 27.1 Å². The van der Waals surface area contributed by atoms with E-state index in [0.717, 1.165) is 30.1 Å². The first-order chi connectivity index (χ1) is 15.8. The molecule has 1 fully saturated rings. The first-order valence-electron chi connectivity index (χ1n) is 9.42. The second-order valence-corrected chi connectivity index (χ2v) is 8.53. The molecule has 1 aromatic carbocycles. The summed E-state index contributed by atoms with van der Waals surface area (Å²) in [5, 5.41) is 46.0. The maximum atomic E-state index is 14.0. The average molecular weight is 498 g/mol. The van der Waals surface area contributed by atoms with Gasteiger partial charge in [0.15, 0.2) is 0 Å². The van der Waals surface area contributed by atoms with Crippen LogP contribution in [0.2, 0.25) is 5.02 Å². The number of halogens is 3. The molecule has 9 nitrogen and oxygen atoms in total. The van der Waals surface area contributed by atoms with E-state index >= 15 is 0 Å². The monoisotopic (exact) mass is 497 g/mol. The molecule has 0 amide bonds. The highest BCUT2D eigenvalue weighted by Crippen LogP contribution is 2.34. The predicted octanol–water partition coefficient (Wildman–Crippen LogP) is 2.40. The third-order valence-corrected chi connectivity index (χ3v) is 6.12. The van der Waals surface area contributed by atoms with E-state index in [9.17, 15) is 24.1 Å². The van der Waals surface area contributed by atoms with Crippen molar-refractivity contribution in [1.29, 1.82) is 10.8 Å². The third-order valence-electron chi connectivity index (χ3n) is 4.80. The molecular weight excluding hydrogens is 480 g/mol. The third kappa shape index (κ3) is 5.64. The largest absolute Gasteiger partial charge is 0.394 e. The number of ether oxygens (including phenoxy) is 1. The molecule has 2 heterocycles. The summed E-state index contributed by atoms with van der Waals surface area (Å²) in [4.78, 5) is 4.52. The molecular formula is C20H18ClF2N5O4S. The van der Waals surface area contributed by atoms with Crippen LogP contribution in [-0.2, 0) is 4.74 Å². The van der Waals surface area contributed by atoms with Gasteiger partial charge in [-0.3, -0.25) is 4.98 Å². The number of aliphatic hydroxyl groups excluding tert-OH is 3. The Bertz CT molecular complexity index is 1080. The van der Waals surface area contributed by atoms with Crippen molar-refractivity contribution >= 4 is 29.1 Å². The quantitative estimate of drug-likeness (QED) is 0.365. The van der Waals surface area contributed by atoms with Crippen LogP contribution >= 0.6 is 23.4 Å². The summed E-state index contributed by atoms with van der Waals surface area (Å²) in [5.41, 5.74) is 5.24. The Kier molecular flexibility index (Phi) is 8.30. The Hall–Kier alpha value is -2.66. The summed E-state index contributed by atoms with van der Waals surface area (Å²) < 4.78 is 33.5. The van der Waals surface area contributed by atoms with E-state index in [-0.39, 0.29) is 11.3 Å². The number of benzene rings is 1. The van der Waals surface area contributed by atoms with E-state index in [2.05, 4.69) is 15.4 Å². The van der Waals surface area contributed by atoms with Crippen LogP contribution in [0.25, 0.3) is 5.70 Å². The van der Waals surface area contributed by atoms with Gasteiger partial charge in [0, 0.05) is 29.1 Å². The minimum absolute atomic E-state index is 0.142. The molecule has 1 aliphatic rings. The van der Waals surface area contributed by atoms with Crippen LogP contribution in [-0.4, -0.2) is 56.7 Å². The zero-order valence-electron chi connectivity index (χ0n) is 16.7. The van der Waals surface area contributed by atoms with Crippen molar-refractivity contribution in [2.24, 2.45) is 5.11 Å². The standard InChI is InChI=1S/C20H18ClF2N5O4S/c21-10-3-11(6-26-5-10)33-20-19(31)17(18(30)16(8-29)32-20)27-7-15(28-25)9-1-13(22)12(4-24)14(23)2-9/h1-3,5-7,16-20,25,27,29-31H,8H2/b15-7-,28-25?/t16?,17?,18-,19?,20+/m0/s1. The number of aliphatic hydroxyl groups is 3. The average Bonchev–Trinajstić information content (AvgIpc) is 2.78. The van der Waals surface area contributed by atoms with Gasteiger partial charge in [0.1, 0.15) is 52.7 Å². The maximum absolute atomic E-state index is 14.0. The number of hydrogen-bond acceptors (Lipinski definition) is 10. The number of nitrogens with zero attached hydrogens (tertiary/aromatic N) is 3. The Morgan fingerprint density at radius 3 is 2.58 bits per heavy atom. The van der Waals surface area contributed by atoms with Gasteiger partial charge in [0.2, 0.25) is 0 Å². The van der Waals surface area contributed by atoms with Gasteiger partial charge in [0.25, 0.3) is 0 Å². The summed E-state index contributed by atoms with van der Waals surface area (Å²) in [6.45, 7) is -0.553. The number of aromatic nitrogens is 1. The molecule has 5 atom stereocenters. The number of pyridine rings is 1. The molecule has 3 rings (SSSR count). The Morgan fingerprint density at radius 1 is 1.30 bits per heavy atom. The van der Waals surface area contributed by atoms with Gasteiger partial charge in [-0.15, -0.1) is 0 Å². The number of nitriles is 1. The predicted molar refractivity (Wildman–Crippen MR) is 114 cm³/mol. The van der Waals surface area contributed by atoms with E-state index in [1.54, 1.807) is 6.07 Å². The molecule has 33 heavy (non-hydrogen) atoms. The molecule has 0 radical (unpaired) electrons. The molecule has 1 saturated heterocycles. The Labute approximate surface area is 196 Å². The van der Waals surface area contributed by atoms with E-state index < -0.39 is 53.6 Å². The smallest absolute Gasteiger partial charge is 0.144 e. The Balaban J connectivity index is 1.85. The van der Waals surface area contributed by atoms with Crippen molar-refractivity contribution in [3.63, 3.8) is 0 Å². The topological polar surface area (TPSA) is 155 Å². The van der Waals surface area contributed by atoms with Gasteiger partial charge in [0.05, 0.1) is 17.7 Å². The van der Waals surface area contributed by atoms with Crippen molar-refractivity contribution in [3.05, 3.63) is 64.6 Å². The van der Waals surface area contributed by atoms with Gasteiger partial charge in [-0.2, -0.15) is 10.4 Å². The van der Waals surface area contributed by atoms with Crippen molar-refractivity contribution in [1.82, 2.24) is 10.3 Å². The molecule has 0 saturated carbocycles. The fraction of sp³-hybridized carbons (Fsp3) is 0.300. The van der Waals surface area contributed by atoms with Crippen molar-refractivity contribution < 1.29 is 28.8 Å². The first kappa shape index (κ1) is 25.0. The Morgan fingerprint density at radius 2 is 2.00 bits per heavy atom. The fourth-order valence-electron chi connectivity index (χ4n) is 3.16. The second kappa shape index (κ2) is 11.0. The summed E-state index contributed by atoms with van der Waals surface area (Å²) in [6.07, 6.45) is 0.248. The first-order valence-corrected chi connectivity index (χ1v) is 10.7. The molecule has 174 valence electrons. The fourth-order valence-corrected chi connectivity index (χ4v) is 4.49. The molecule has 13 heteroatoms. The van der Waals surface area contributed by atoms with Crippen LogP contribution in [0.5, 0.6) is 0 Å². The molecule has 0 bridgehead atoms. The van der Waals surface area contributed by atoms with Gasteiger partial charge < -0.3 is 25.4 Å². The highest BCUT2D eigenvalue weighted by atomic mass is 35.5. The number of nitrogens with one attached hydrogen (secondary N) is 2. The van der Waals surface area contributed by atoms with E-state index in [0.29, 0.717) is 9.92 Å². The van der Waals surface area contributed by atoms with Crippen molar-refractivity contribution in [2.75, 3.05) is 6.61 Å². The summed E-state index contributed by atoms with van der Waals surface area (Å²) >= 11 is 6.99. The van der Waals surface area contributed by atoms with Crippen LogP contribution < -0.4 is 5.32 Å². The highest BCUT2D eigenvalue weighted by Gasteiger charge is 2.44. The van der Waals surface area contributed by atoms with Gasteiger partial charge in [-0.25, -0.2) is 14.3 Å². The minimum atomic E-state index is -1.38. The maximum Gasteiger partial charge on any atom is 0.144 e. The SMILES string of the molecule is N#Cc1c(F)cc(/C(=C/NC2C(O)[C@@H](Sc3cncc(Cl)c3)OC(CO)[C@@H]2O)N=N)cc1F. The minimum Gasteiger partial charge on any atom is -0.394 e. The van der Waals surface area contributed by atoms with Gasteiger partial charge in [-0.1, -0.05) is 23.4 Å². The summed E-state index contributed by atoms with van der Waals surface area (Å²) in [7, 11) is 0. The lowest BCUT2D eigenvalue weighted by Crippen LogP contribution is -2.61. The molecule has 5 N–H and O–H groups in total. The highest BCUT2D eigenvalue weighted by molar-refractivity contribution is 7.99. The van der Waals surface area contributed by atoms with Crippen LogP contribution in [0.15, 0.2) is 46.8 Å². The normalized spacial score (nSPS) is 25.4. The van der Waals surface area contributed by atoms with Crippen LogP contribution in [0.3, 0.4) is 0 Å². The number of hydrogen-bond donors (Lipinski definition) is 5. The van der Waals surface area contributed by atoms with Crippen molar-refractivity contribution in [2.45, 2.75) is 34.7 Å². The van der Waals surface area contributed by atoms with Crippen LogP contribution in [0.4, 0.5) is 8.78 Å². The zero-order valence-corrected chi connectivity index (χ0v) is 18.3. The number of thioether (sulfide) groups is 1. The zero-order chi connectivity index (χ0) is 24.1. The van der Waals surface area contributed by atoms with E-state index in [1.807, 2.05) is 0 Å². The lowest BCUT2D eigenvalue weighted by Gasteiger charge is -2.42. The molecule has 1 aromatic heterocycles. The van der Waals surface area contributed by atoms with Crippen molar-refractivity contribution in [3.8, 4) is 6.07 Å². The van der Waals surface area contributed by atoms with Gasteiger partial charge in [-0.05, 0) is 18.2 Å². The lowest BCUT2D eigenvalue weighted by molar-refractivity contribution is -0.164. The lowest BCUT2D eigenvalue weighted by atomic mass is 9.97. The van der Waals surface area contributed by atoms with Crippen LogP contribution in [0.1, 0.15) is 11.1 Å². The molecule has 1 aliphatic heterocycles. The molecule has 0 aliphatic carbocycles. The van der Waals surface area contributed by atoms with E-state index in [1.165, 1.54) is 18.5 Å². The molecule has 3 unspecified atom stereocenters. The van der Waals surface area contributed by atoms with Crippen LogP contribution in [0, 0.1) is 28.5 Å². The second-order valence-electron chi connectivity index (χ2n) is 6.92.